The number of rotatable bonds is 6. The van der Waals surface area contributed by atoms with E-state index in [1.54, 1.807) is 6.07 Å². The van der Waals surface area contributed by atoms with Gasteiger partial charge in [-0.2, -0.15) is 0 Å². The fourth-order valence-electron chi connectivity index (χ4n) is 3.61. The average Bonchev–Trinajstić information content (AvgIpc) is 2.53. The Balaban J connectivity index is 2.19. The van der Waals surface area contributed by atoms with Crippen LogP contribution in [0.2, 0.25) is 0 Å². The molecule has 21 heavy (non-hydrogen) atoms. The van der Waals surface area contributed by atoms with Gasteiger partial charge in [0.05, 0.1) is 7.11 Å². The second-order valence-electron chi connectivity index (χ2n) is 6.09. The summed E-state index contributed by atoms with van der Waals surface area (Å²) in [6.45, 7) is 5.21. The van der Waals surface area contributed by atoms with Crippen LogP contribution in [-0.4, -0.2) is 13.7 Å². The van der Waals surface area contributed by atoms with E-state index in [1.165, 1.54) is 39.2 Å². The molecule has 0 amide bonds. The Morgan fingerprint density at radius 2 is 1.95 bits per heavy atom. The topological polar surface area (TPSA) is 21.3 Å². The normalized spacial score (nSPS) is 23.8. The maximum atomic E-state index is 14.6. The smallest absolute Gasteiger partial charge is 0.169 e. The van der Waals surface area contributed by atoms with Gasteiger partial charge in [-0.05, 0) is 37.3 Å². The highest BCUT2D eigenvalue weighted by molar-refractivity contribution is 5.33. The van der Waals surface area contributed by atoms with Crippen LogP contribution in [-0.2, 0) is 0 Å². The van der Waals surface area contributed by atoms with E-state index in [4.69, 9.17) is 4.74 Å². The SMILES string of the molecule is CCNC(c1cccc(OC)c1F)C1CCC(CC)CC1. The predicted octanol–water partition coefficient (Wildman–Crippen LogP) is 4.70. The van der Waals surface area contributed by atoms with Gasteiger partial charge in [-0.25, -0.2) is 4.39 Å². The Kier molecular flexibility index (Phi) is 6.04. The van der Waals surface area contributed by atoms with E-state index in [1.807, 2.05) is 12.1 Å². The molecule has 1 aromatic rings. The molecule has 0 saturated heterocycles. The second-order valence-corrected chi connectivity index (χ2v) is 6.09. The largest absolute Gasteiger partial charge is 0.494 e. The molecular formula is C18H28FNO. The van der Waals surface area contributed by atoms with E-state index in [2.05, 4.69) is 19.2 Å². The van der Waals surface area contributed by atoms with Crippen molar-refractivity contribution in [3.63, 3.8) is 0 Å². The summed E-state index contributed by atoms with van der Waals surface area (Å²) in [6.07, 6.45) is 6.19. The number of halogens is 1. The summed E-state index contributed by atoms with van der Waals surface area (Å²) in [4.78, 5) is 0. The molecule has 2 nitrogen and oxygen atoms in total. The molecule has 1 aliphatic carbocycles. The van der Waals surface area contributed by atoms with Crippen LogP contribution in [0.5, 0.6) is 5.75 Å². The quantitative estimate of drug-likeness (QED) is 0.820. The number of hydrogen-bond donors (Lipinski definition) is 1. The molecule has 1 saturated carbocycles. The molecule has 0 aromatic heterocycles. The molecule has 118 valence electrons. The third-order valence-electron chi connectivity index (χ3n) is 4.91. The minimum atomic E-state index is -0.205. The monoisotopic (exact) mass is 293 g/mol. The maximum Gasteiger partial charge on any atom is 0.169 e. The Morgan fingerprint density at radius 1 is 1.24 bits per heavy atom. The lowest BCUT2D eigenvalue weighted by molar-refractivity contribution is 0.216. The van der Waals surface area contributed by atoms with E-state index in [9.17, 15) is 4.39 Å². The van der Waals surface area contributed by atoms with E-state index < -0.39 is 0 Å². The zero-order valence-electron chi connectivity index (χ0n) is 13.5. The van der Waals surface area contributed by atoms with E-state index in [0.717, 1.165) is 18.0 Å². The van der Waals surface area contributed by atoms with Gasteiger partial charge in [0.25, 0.3) is 0 Å². The van der Waals surface area contributed by atoms with Crippen LogP contribution in [0.4, 0.5) is 4.39 Å². The van der Waals surface area contributed by atoms with E-state index >= 15 is 0 Å². The first-order chi connectivity index (χ1) is 10.2. The summed E-state index contributed by atoms with van der Waals surface area (Å²) in [5, 5.41) is 3.50. The van der Waals surface area contributed by atoms with E-state index in [-0.39, 0.29) is 11.9 Å². The van der Waals surface area contributed by atoms with Gasteiger partial charge in [0.1, 0.15) is 0 Å². The molecule has 0 spiro atoms. The predicted molar refractivity (Wildman–Crippen MR) is 85.1 cm³/mol. The Morgan fingerprint density at radius 3 is 2.52 bits per heavy atom. The fraction of sp³-hybridized carbons (Fsp3) is 0.667. The minimum absolute atomic E-state index is 0.0999. The van der Waals surface area contributed by atoms with Crippen molar-refractivity contribution in [3.05, 3.63) is 29.6 Å². The standard InChI is InChI=1S/C18H28FNO/c1-4-13-9-11-14(12-10-13)18(20-5-2)15-7-6-8-16(21-3)17(15)19/h6-8,13-14,18,20H,4-5,9-12H2,1-3H3. The number of hydrogen-bond acceptors (Lipinski definition) is 2. The van der Waals surface area contributed by atoms with Gasteiger partial charge < -0.3 is 10.1 Å². The Labute approximate surface area is 128 Å². The lowest BCUT2D eigenvalue weighted by Gasteiger charge is -2.34. The molecule has 1 fully saturated rings. The summed E-state index contributed by atoms with van der Waals surface area (Å²) in [5.74, 6) is 1.52. The van der Waals surface area contributed by atoms with Gasteiger partial charge >= 0.3 is 0 Å². The Hall–Kier alpha value is -1.09. The van der Waals surface area contributed by atoms with Crippen molar-refractivity contribution in [2.75, 3.05) is 13.7 Å². The van der Waals surface area contributed by atoms with Crippen LogP contribution in [0.3, 0.4) is 0 Å². The molecule has 1 aromatic carbocycles. The van der Waals surface area contributed by atoms with Crippen LogP contribution >= 0.6 is 0 Å². The summed E-state index contributed by atoms with van der Waals surface area (Å²) in [7, 11) is 1.52. The summed E-state index contributed by atoms with van der Waals surface area (Å²) in [5.41, 5.74) is 0.760. The molecule has 1 aliphatic rings. The van der Waals surface area contributed by atoms with Gasteiger partial charge in [0.2, 0.25) is 0 Å². The van der Waals surface area contributed by atoms with Crippen molar-refractivity contribution >= 4 is 0 Å². The molecule has 0 radical (unpaired) electrons. The van der Waals surface area contributed by atoms with Gasteiger partial charge in [0.15, 0.2) is 11.6 Å². The first kappa shape index (κ1) is 16.3. The molecule has 1 atom stereocenters. The van der Waals surface area contributed by atoms with E-state index in [0.29, 0.717) is 11.7 Å². The highest BCUT2D eigenvalue weighted by Crippen LogP contribution is 2.39. The molecule has 0 aliphatic heterocycles. The van der Waals surface area contributed by atoms with Crippen molar-refractivity contribution in [2.24, 2.45) is 11.8 Å². The first-order valence-electron chi connectivity index (χ1n) is 8.27. The van der Waals surface area contributed by atoms with Crippen LogP contribution < -0.4 is 10.1 Å². The fourth-order valence-corrected chi connectivity index (χ4v) is 3.61. The van der Waals surface area contributed by atoms with Crippen molar-refractivity contribution in [1.29, 1.82) is 0 Å². The number of benzene rings is 1. The van der Waals surface area contributed by atoms with Gasteiger partial charge in [-0.15, -0.1) is 0 Å². The number of methoxy groups -OCH3 is 1. The zero-order valence-corrected chi connectivity index (χ0v) is 13.5. The van der Waals surface area contributed by atoms with Crippen LogP contribution in [0, 0.1) is 17.7 Å². The summed E-state index contributed by atoms with van der Waals surface area (Å²) < 4.78 is 19.7. The van der Waals surface area contributed by atoms with Crippen LogP contribution in [0.25, 0.3) is 0 Å². The molecular weight excluding hydrogens is 265 g/mol. The third-order valence-corrected chi connectivity index (χ3v) is 4.91. The van der Waals surface area contributed by atoms with Crippen molar-refractivity contribution in [1.82, 2.24) is 5.32 Å². The summed E-state index contributed by atoms with van der Waals surface area (Å²) in [6, 6.07) is 5.58. The number of ether oxygens (including phenoxy) is 1. The highest BCUT2D eigenvalue weighted by Gasteiger charge is 2.29. The average molecular weight is 293 g/mol. The third kappa shape index (κ3) is 3.76. The van der Waals surface area contributed by atoms with Gasteiger partial charge in [-0.3, -0.25) is 0 Å². The molecule has 0 bridgehead atoms. The molecule has 0 heterocycles. The van der Waals surface area contributed by atoms with Gasteiger partial charge in [-0.1, -0.05) is 45.2 Å². The second kappa shape index (κ2) is 7.79. The Bertz CT molecular complexity index is 441. The molecule has 3 heteroatoms. The van der Waals surface area contributed by atoms with Crippen molar-refractivity contribution in [3.8, 4) is 5.75 Å². The van der Waals surface area contributed by atoms with Crippen LogP contribution in [0.1, 0.15) is 57.6 Å². The maximum absolute atomic E-state index is 14.6. The molecule has 1 N–H and O–H groups in total. The lowest BCUT2D eigenvalue weighted by Crippen LogP contribution is -2.31. The lowest BCUT2D eigenvalue weighted by atomic mass is 9.76. The van der Waals surface area contributed by atoms with Crippen LogP contribution in [0.15, 0.2) is 18.2 Å². The minimum Gasteiger partial charge on any atom is -0.494 e. The number of nitrogens with one attached hydrogen (secondary N) is 1. The van der Waals surface area contributed by atoms with Crippen molar-refractivity contribution < 1.29 is 9.13 Å². The van der Waals surface area contributed by atoms with Gasteiger partial charge in [0, 0.05) is 11.6 Å². The summed E-state index contributed by atoms with van der Waals surface area (Å²) >= 11 is 0. The highest BCUT2D eigenvalue weighted by atomic mass is 19.1. The molecule has 2 rings (SSSR count). The zero-order chi connectivity index (χ0) is 15.2. The first-order valence-corrected chi connectivity index (χ1v) is 8.27. The van der Waals surface area contributed by atoms with Crippen molar-refractivity contribution in [2.45, 2.75) is 52.0 Å². The molecule has 1 unspecified atom stereocenters.